The first-order chi connectivity index (χ1) is 17.0. The first-order valence-electron chi connectivity index (χ1n) is 10.2. The molecule has 1 aromatic heterocycles. The van der Waals surface area contributed by atoms with Gasteiger partial charge in [-0.15, -0.1) is 23.4 Å². The maximum absolute atomic E-state index is 14.3. The van der Waals surface area contributed by atoms with Gasteiger partial charge in [0.2, 0.25) is 5.01 Å². The molecule has 0 aliphatic heterocycles. The van der Waals surface area contributed by atoms with Crippen LogP contribution in [0.1, 0.15) is 26.8 Å². The van der Waals surface area contributed by atoms with Crippen molar-refractivity contribution >= 4 is 23.2 Å². The second-order valence-corrected chi connectivity index (χ2v) is 8.20. The molecule has 0 bridgehead atoms. The Bertz CT molecular complexity index is 1120. The van der Waals surface area contributed by atoms with Crippen LogP contribution in [0.15, 0.2) is 36.2 Å². The zero-order valence-corrected chi connectivity index (χ0v) is 19.4. The predicted molar refractivity (Wildman–Crippen MR) is 119 cm³/mol. The second-order valence-electron chi connectivity index (χ2n) is 7.14. The van der Waals surface area contributed by atoms with Crippen LogP contribution in [0.5, 0.6) is 5.75 Å². The molecule has 1 atom stereocenters. The summed E-state index contributed by atoms with van der Waals surface area (Å²) in [5.74, 6) is 3.94. The van der Waals surface area contributed by atoms with E-state index >= 15 is 0 Å². The van der Waals surface area contributed by atoms with Gasteiger partial charge >= 0.3 is 6.36 Å². The van der Waals surface area contributed by atoms with E-state index in [4.69, 9.17) is 16.8 Å². The Balaban J connectivity index is 1.79. The number of hydrogen-bond acceptors (Lipinski definition) is 10. The second kappa shape index (κ2) is 13.2. The van der Waals surface area contributed by atoms with Crippen LogP contribution in [0.25, 0.3) is 0 Å². The fourth-order valence-corrected chi connectivity index (χ4v) is 3.44. The summed E-state index contributed by atoms with van der Waals surface area (Å²) in [7, 11) is 0. The fourth-order valence-electron chi connectivity index (χ4n) is 2.67. The van der Waals surface area contributed by atoms with Crippen molar-refractivity contribution in [2.24, 2.45) is 11.6 Å². The molecule has 0 saturated carbocycles. The van der Waals surface area contributed by atoms with Crippen molar-refractivity contribution < 1.29 is 31.9 Å². The molecule has 1 unspecified atom stereocenters. The number of alkyl halides is 4. The maximum Gasteiger partial charge on any atom is 0.573 e. The molecule has 0 fully saturated rings. The Labute approximate surface area is 206 Å². The first kappa shape index (κ1) is 28.3. The van der Waals surface area contributed by atoms with Crippen molar-refractivity contribution in [1.82, 2.24) is 25.8 Å². The molecule has 0 radical (unpaired) electrons. The first-order valence-corrected chi connectivity index (χ1v) is 11.0. The van der Waals surface area contributed by atoms with Gasteiger partial charge in [-0.25, -0.2) is 10.2 Å². The van der Waals surface area contributed by atoms with E-state index in [9.17, 15) is 27.2 Å². The van der Waals surface area contributed by atoms with Gasteiger partial charge in [-0.05, 0) is 24.1 Å². The molecule has 1 heterocycles. The van der Waals surface area contributed by atoms with Gasteiger partial charge in [-0.1, -0.05) is 23.5 Å². The third kappa shape index (κ3) is 10.1. The molecular weight excluding hydrogens is 508 g/mol. The van der Waals surface area contributed by atoms with Gasteiger partial charge in [0.05, 0.1) is 12.6 Å². The van der Waals surface area contributed by atoms with Crippen LogP contribution >= 0.6 is 11.3 Å². The Hall–Kier alpha value is -3.97. The van der Waals surface area contributed by atoms with Gasteiger partial charge in [0.25, 0.3) is 11.8 Å². The van der Waals surface area contributed by atoms with Gasteiger partial charge in [-0.2, -0.15) is 5.26 Å². The number of rotatable bonds is 12. The highest BCUT2D eigenvalue weighted by Crippen LogP contribution is 2.23. The zero-order chi connectivity index (χ0) is 26.7. The molecule has 0 aliphatic carbocycles. The van der Waals surface area contributed by atoms with Gasteiger partial charge in [0, 0.05) is 19.2 Å². The number of amides is 2. The zero-order valence-electron chi connectivity index (χ0n) is 18.6. The molecule has 16 heteroatoms. The van der Waals surface area contributed by atoms with Gasteiger partial charge in [0.1, 0.15) is 29.2 Å². The lowest BCUT2D eigenvalue weighted by atomic mass is 10.2. The lowest BCUT2D eigenvalue weighted by molar-refractivity contribution is -0.274. The number of benzene rings is 1. The minimum atomic E-state index is -4.84. The Morgan fingerprint density at radius 1 is 1.31 bits per heavy atom. The van der Waals surface area contributed by atoms with Crippen molar-refractivity contribution in [3.63, 3.8) is 0 Å². The highest BCUT2D eigenvalue weighted by molar-refractivity contribution is 7.13. The van der Waals surface area contributed by atoms with E-state index in [0.29, 0.717) is 10.6 Å². The normalized spacial score (nSPS) is 12.4. The Morgan fingerprint density at radius 2 is 2.06 bits per heavy atom. The van der Waals surface area contributed by atoms with Crippen LogP contribution in [0.2, 0.25) is 0 Å². The summed E-state index contributed by atoms with van der Waals surface area (Å²) in [4.78, 5) is 23.8. The number of carbonyl (C=O) groups excluding carboxylic acids is 2. The molecule has 2 aromatic rings. The molecule has 194 valence electrons. The van der Waals surface area contributed by atoms with E-state index in [0.717, 1.165) is 34.7 Å². The molecule has 1 aromatic carbocycles. The van der Waals surface area contributed by atoms with Crippen LogP contribution in [0.3, 0.4) is 0 Å². The van der Waals surface area contributed by atoms with E-state index in [1.807, 2.05) is 0 Å². The smallest absolute Gasteiger partial charge is 0.406 e. The number of aromatic nitrogens is 2. The van der Waals surface area contributed by atoms with Crippen molar-refractivity contribution in [3.05, 3.63) is 51.7 Å². The number of nitriles is 1. The number of nitrogens with one attached hydrogen (secondary N) is 2. The maximum atomic E-state index is 14.3. The standard InChI is InChI=1S/C20H22F4N8O3S/c21-13(4-5-16-30-31-19(36-16)18(34)28-7-6-25)10-32(27)11-15(26)17(33)29-9-12-2-1-3-14(8-12)35-20(22,23)24/h1-3,8,11,13H,4-5,7,9-10,26-27H2,(H,28,34)(H,29,33)/b15-11-. The minimum absolute atomic E-state index is 0.00156. The average molecular weight is 531 g/mol. The van der Waals surface area contributed by atoms with E-state index in [1.54, 1.807) is 6.07 Å². The van der Waals surface area contributed by atoms with Crippen LogP contribution in [0.4, 0.5) is 17.6 Å². The molecule has 0 aliphatic rings. The van der Waals surface area contributed by atoms with Gasteiger partial charge < -0.3 is 26.1 Å². The molecule has 6 N–H and O–H groups in total. The molecule has 2 rings (SSSR count). The summed E-state index contributed by atoms with van der Waals surface area (Å²) in [6.45, 7) is -0.623. The van der Waals surface area contributed by atoms with Gasteiger partial charge in [-0.3, -0.25) is 9.59 Å². The van der Waals surface area contributed by atoms with E-state index < -0.39 is 30.1 Å². The number of carbonyl (C=O) groups is 2. The number of halogens is 4. The molecule has 2 amide bonds. The summed E-state index contributed by atoms with van der Waals surface area (Å²) in [6.07, 6.45) is -5.08. The number of hydrogen-bond donors (Lipinski definition) is 4. The summed E-state index contributed by atoms with van der Waals surface area (Å²) < 4.78 is 55.1. The van der Waals surface area contributed by atoms with E-state index in [-0.39, 0.29) is 43.2 Å². The Morgan fingerprint density at radius 3 is 2.75 bits per heavy atom. The third-order valence-corrected chi connectivity index (χ3v) is 5.20. The van der Waals surface area contributed by atoms with Crippen LogP contribution in [-0.4, -0.2) is 52.6 Å². The predicted octanol–water partition coefficient (Wildman–Crippen LogP) is 1.25. The molecule has 36 heavy (non-hydrogen) atoms. The van der Waals surface area contributed by atoms with Crippen LogP contribution in [-0.2, 0) is 17.8 Å². The molecule has 0 spiro atoms. The molecular formula is C20H22F4N8O3S. The minimum Gasteiger partial charge on any atom is -0.406 e. The van der Waals surface area contributed by atoms with Crippen molar-refractivity contribution in [2.45, 2.75) is 31.9 Å². The fraction of sp³-hybridized carbons (Fsp3) is 0.350. The largest absolute Gasteiger partial charge is 0.573 e. The van der Waals surface area contributed by atoms with Crippen molar-refractivity contribution in [2.75, 3.05) is 13.1 Å². The van der Waals surface area contributed by atoms with E-state index in [2.05, 4.69) is 25.6 Å². The highest BCUT2D eigenvalue weighted by Gasteiger charge is 2.31. The quantitative estimate of drug-likeness (QED) is 0.104. The lowest BCUT2D eigenvalue weighted by Gasteiger charge is -2.17. The number of ether oxygens (including phenoxy) is 1. The number of aryl methyl sites for hydroxylation is 1. The third-order valence-electron chi connectivity index (χ3n) is 4.22. The number of hydrazine groups is 1. The van der Waals surface area contributed by atoms with E-state index in [1.165, 1.54) is 12.1 Å². The van der Waals surface area contributed by atoms with Crippen molar-refractivity contribution in [3.8, 4) is 11.8 Å². The Kier molecular flexibility index (Phi) is 10.4. The lowest BCUT2D eigenvalue weighted by Crippen LogP contribution is -2.36. The monoisotopic (exact) mass is 530 g/mol. The number of nitrogens with zero attached hydrogens (tertiary/aromatic N) is 4. The van der Waals surface area contributed by atoms with Gasteiger partial charge in [0.15, 0.2) is 0 Å². The highest BCUT2D eigenvalue weighted by atomic mass is 32.1. The van der Waals surface area contributed by atoms with Crippen molar-refractivity contribution in [1.29, 1.82) is 5.26 Å². The summed E-state index contributed by atoms with van der Waals surface area (Å²) in [5.41, 5.74) is 5.64. The average Bonchev–Trinajstić information content (AvgIpc) is 3.28. The SMILES string of the molecule is N#CCNC(=O)c1nnc(CCC(F)CN(N)/C=C(\N)C(=O)NCc2cccc(OC(F)(F)F)c2)s1. The summed E-state index contributed by atoms with van der Waals surface area (Å²) >= 11 is 0.970. The molecule has 11 nitrogen and oxygen atoms in total. The van der Waals surface area contributed by atoms with Crippen LogP contribution in [0, 0.1) is 11.3 Å². The summed E-state index contributed by atoms with van der Waals surface area (Å²) in [6, 6.07) is 6.79. The molecule has 0 saturated heterocycles. The van der Waals surface area contributed by atoms with Crippen LogP contribution < -0.4 is 26.9 Å². The summed E-state index contributed by atoms with van der Waals surface area (Å²) in [5, 5.41) is 22.0. The number of nitrogens with two attached hydrogens (primary N) is 2. The topological polar surface area (TPSA) is 172 Å².